The highest BCUT2D eigenvalue weighted by Gasteiger charge is 2.03. The minimum atomic E-state index is -0.598. The largest absolute Gasteiger partial charge is 0.222 e. The van der Waals surface area contributed by atoms with Crippen molar-refractivity contribution in [2.75, 3.05) is 0 Å². The van der Waals surface area contributed by atoms with Crippen LogP contribution >= 0.6 is 0 Å². The van der Waals surface area contributed by atoms with E-state index in [2.05, 4.69) is 4.98 Å². The highest BCUT2D eigenvalue weighted by Crippen LogP contribution is 2.08. The van der Waals surface area contributed by atoms with E-state index in [-0.39, 0.29) is 11.3 Å². The van der Waals surface area contributed by atoms with Crippen molar-refractivity contribution in [1.29, 1.82) is 0 Å². The highest BCUT2D eigenvalue weighted by atomic mass is 19.1. The van der Waals surface area contributed by atoms with Crippen LogP contribution in [0.2, 0.25) is 0 Å². The van der Waals surface area contributed by atoms with Crippen molar-refractivity contribution in [1.82, 2.24) is 4.98 Å². The number of rotatable bonds is 0. The summed E-state index contributed by atoms with van der Waals surface area (Å²) >= 11 is 0. The van der Waals surface area contributed by atoms with Crippen molar-refractivity contribution in [2.24, 2.45) is 0 Å². The van der Waals surface area contributed by atoms with E-state index >= 15 is 0 Å². The summed E-state index contributed by atoms with van der Waals surface area (Å²) in [7, 11) is 0. The first-order chi connectivity index (χ1) is 4.61. The first-order valence-electron chi connectivity index (χ1n) is 2.90. The smallest absolute Gasteiger partial charge is 0.216 e. The molecule has 0 saturated heterocycles. The highest BCUT2D eigenvalue weighted by molar-refractivity contribution is 5.14. The number of halogens is 2. The molecule has 1 nitrogen and oxygen atoms in total. The third kappa shape index (κ3) is 1.12. The predicted molar refractivity (Wildman–Crippen MR) is 33.6 cm³/mol. The number of hydrogen-bond donors (Lipinski definition) is 0. The summed E-state index contributed by atoms with van der Waals surface area (Å²) < 4.78 is 25.0. The number of hydrogen-bond acceptors (Lipinski definition) is 1. The van der Waals surface area contributed by atoms with Crippen molar-refractivity contribution in [2.45, 2.75) is 13.8 Å². The summed E-state index contributed by atoms with van der Waals surface area (Å²) in [5.41, 5.74) is 0.339. The molecule has 1 aromatic rings. The van der Waals surface area contributed by atoms with Gasteiger partial charge in [0, 0.05) is 5.56 Å². The molecule has 54 valence electrons. The second-order valence-corrected chi connectivity index (χ2v) is 2.16. The zero-order valence-electron chi connectivity index (χ0n) is 5.78. The Morgan fingerprint density at radius 3 is 2.40 bits per heavy atom. The third-order valence-electron chi connectivity index (χ3n) is 1.28. The Balaban J connectivity index is 3.28. The van der Waals surface area contributed by atoms with Crippen LogP contribution in [0, 0.1) is 25.6 Å². The van der Waals surface area contributed by atoms with Crippen LogP contribution in [0.5, 0.6) is 0 Å². The van der Waals surface area contributed by atoms with E-state index in [1.807, 2.05) is 0 Å². The maximum atomic E-state index is 12.5. The summed E-state index contributed by atoms with van der Waals surface area (Å²) in [4.78, 5) is 3.33. The van der Waals surface area contributed by atoms with Crippen molar-refractivity contribution in [3.8, 4) is 0 Å². The average Bonchev–Trinajstić information content (AvgIpc) is 1.84. The molecule has 3 heteroatoms. The Labute approximate surface area is 57.7 Å². The molecule has 1 aromatic heterocycles. The molecule has 0 amide bonds. The lowest BCUT2D eigenvalue weighted by Crippen LogP contribution is -1.94. The van der Waals surface area contributed by atoms with Gasteiger partial charge < -0.3 is 0 Å². The van der Waals surface area contributed by atoms with Gasteiger partial charge in [0.2, 0.25) is 5.95 Å². The second kappa shape index (κ2) is 2.33. The van der Waals surface area contributed by atoms with Gasteiger partial charge in [-0.05, 0) is 19.9 Å². The van der Waals surface area contributed by atoms with Gasteiger partial charge in [-0.1, -0.05) is 0 Å². The second-order valence-electron chi connectivity index (χ2n) is 2.16. The fraction of sp³-hybridized carbons (Fsp3) is 0.286. The van der Waals surface area contributed by atoms with E-state index in [9.17, 15) is 8.78 Å². The van der Waals surface area contributed by atoms with Gasteiger partial charge in [0.25, 0.3) is 0 Å². The zero-order chi connectivity index (χ0) is 7.72. The molecule has 0 aliphatic carbocycles. The minimum Gasteiger partial charge on any atom is -0.222 e. The van der Waals surface area contributed by atoms with Crippen LogP contribution in [0.1, 0.15) is 11.3 Å². The monoisotopic (exact) mass is 143 g/mol. The van der Waals surface area contributed by atoms with Crippen LogP contribution in [0.25, 0.3) is 0 Å². The van der Waals surface area contributed by atoms with E-state index < -0.39 is 11.8 Å². The molecule has 0 spiro atoms. The van der Waals surface area contributed by atoms with E-state index in [4.69, 9.17) is 0 Å². The predicted octanol–water partition coefficient (Wildman–Crippen LogP) is 1.98. The molecule has 0 saturated carbocycles. The van der Waals surface area contributed by atoms with E-state index in [1.165, 1.54) is 13.8 Å². The third-order valence-corrected chi connectivity index (χ3v) is 1.28. The summed E-state index contributed by atoms with van der Waals surface area (Å²) in [5.74, 6) is -1.06. The van der Waals surface area contributed by atoms with Crippen molar-refractivity contribution >= 4 is 0 Å². The number of aryl methyl sites for hydroxylation is 2. The molecule has 0 bridgehead atoms. The van der Waals surface area contributed by atoms with Crippen LogP contribution in [0.4, 0.5) is 8.78 Å². The summed E-state index contributed by atoms with van der Waals surface area (Å²) in [6.45, 7) is 2.91. The molecule has 0 aromatic carbocycles. The van der Waals surface area contributed by atoms with Gasteiger partial charge in [0.15, 0.2) is 0 Å². The van der Waals surface area contributed by atoms with Crippen molar-refractivity contribution < 1.29 is 8.78 Å². The first-order valence-corrected chi connectivity index (χ1v) is 2.90. The van der Waals surface area contributed by atoms with Gasteiger partial charge in [0.05, 0.1) is 5.69 Å². The fourth-order valence-electron chi connectivity index (χ4n) is 0.643. The van der Waals surface area contributed by atoms with Crippen LogP contribution in [-0.2, 0) is 0 Å². The lowest BCUT2D eigenvalue weighted by atomic mass is 10.3. The van der Waals surface area contributed by atoms with Crippen molar-refractivity contribution in [3.63, 3.8) is 0 Å². The lowest BCUT2D eigenvalue weighted by Gasteiger charge is -1.97. The molecule has 0 fully saturated rings. The van der Waals surface area contributed by atoms with Crippen LogP contribution < -0.4 is 0 Å². The Hall–Kier alpha value is -0.990. The maximum absolute atomic E-state index is 12.5. The van der Waals surface area contributed by atoms with Gasteiger partial charge in [0.1, 0.15) is 5.82 Å². The number of nitrogens with zero attached hydrogens (tertiary/aromatic N) is 1. The molecule has 10 heavy (non-hydrogen) atoms. The van der Waals surface area contributed by atoms with Gasteiger partial charge in [-0.3, -0.25) is 0 Å². The maximum Gasteiger partial charge on any atom is 0.216 e. The van der Waals surface area contributed by atoms with Gasteiger partial charge >= 0.3 is 0 Å². The molecular formula is C7H7F2N. The minimum absolute atomic E-state index is 0.100. The molecule has 0 aliphatic heterocycles. The van der Waals surface area contributed by atoms with Crippen LogP contribution in [0.15, 0.2) is 6.07 Å². The Kier molecular flexibility index (Phi) is 1.66. The molecule has 0 atom stereocenters. The molecule has 0 aliphatic rings. The van der Waals surface area contributed by atoms with Crippen LogP contribution in [0.3, 0.4) is 0 Å². The average molecular weight is 143 g/mol. The van der Waals surface area contributed by atoms with Gasteiger partial charge in [-0.15, -0.1) is 0 Å². The lowest BCUT2D eigenvalue weighted by molar-refractivity contribution is 0.542. The quantitative estimate of drug-likeness (QED) is 0.506. The van der Waals surface area contributed by atoms with E-state index in [0.717, 1.165) is 6.07 Å². The molecule has 0 unspecified atom stereocenters. The Morgan fingerprint density at radius 1 is 1.30 bits per heavy atom. The molecule has 0 radical (unpaired) electrons. The molecule has 1 rings (SSSR count). The first kappa shape index (κ1) is 7.12. The van der Waals surface area contributed by atoms with E-state index in [1.54, 1.807) is 0 Å². The van der Waals surface area contributed by atoms with Gasteiger partial charge in [-0.2, -0.15) is 4.39 Å². The molecule has 1 heterocycles. The van der Waals surface area contributed by atoms with E-state index in [0.29, 0.717) is 0 Å². The normalized spacial score (nSPS) is 10.0. The molecular weight excluding hydrogens is 136 g/mol. The summed E-state index contributed by atoms with van der Waals surface area (Å²) in [6.07, 6.45) is 0. The SMILES string of the molecule is Cc1cc(F)c(C)nc1F. The summed E-state index contributed by atoms with van der Waals surface area (Å²) in [5, 5.41) is 0. The van der Waals surface area contributed by atoms with Crippen LogP contribution in [-0.4, -0.2) is 4.98 Å². The number of aromatic nitrogens is 1. The van der Waals surface area contributed by atoms with Gasteiger partial charge in [-0.25, -0.2) is 9.37 Å². The zero-order valence-corrected chi connectivity index (χ0v) is 5.78. The summed E-state index contributed by atoms with van der Waals surface area (Å²) in [6, 6.07) is 1.14. The fourth-order valence-corrected chi connectivity index (χ4v) is 0.643. The Morgan fingerprint density at radius 2 is 1.90 bits per heavy atom. The number of pyridine rings is 1. The standard InChI is InChI=1S/C7H7F2N/c1-4-3-6(8)5(2)10-7(4)9/h3H,1-2H3. The molecule has 0 N–H and O–H groups in total. The van der Waals surface area contributed by atoms with Crippen molar-refractivity contribution in [3.05, 3.63) is 29.1 Å². The Bertz CT molecular complexity index is 208. The topological polar surface area (TPSA) is 12.9 Å².